The van der Waals surface area contributed by atoms with Crippen molar-refractivity contribution in [1.82, 2.24) is 0 Å². The first-order valence-electron chi connectivity index (χ1n) is 2.93. The fraction of sp³-hybridized carbons (Fsp3) is 0.571. The fourth-order valence-corrected chi connectivity index (χ4v) is 0.329. The van der Waals surface area contributed by atoms with Crippen molar-refractivity contribution in [3.63, 3.8) is 0 Å². The van der Waals surface area contributed by atoms with Crippen LogP contribution in [0.2, 0.25) is 0 Å². The Labute approximate surface area is 56.4 Å². The van der Waals surface area contributed by atoms with Gasteiger partial charge in [0.25, 0.3) is 0 Å². The minimum atomic E-state index is 0.100. The van der Waals surface area contributed by atoms with Crippen LogP contribution in [0.25, 0.3) is 0 Å². The average Bonchev–Trinajstić information content (AvgIpc) is 1.59. The van der Waals surface area contributed by atoms with Crippen LogP contribution >= 0.6 is 0 Å². The maximum atomic E-state index is 10.4. The third-order valence-electron chi connectivity index (χ3n) is 0.756. The topological polar surface area (TPSA) is 17.1 Å². The molecule has 0 aromatic rings. The van der Waals surface area contributed by atoms with Crippen LogP contribution in [0.5, 0.6) is 0 Å². The monoisotopic (exact) mass is 128 g/mol. The lowest BCUT2D eigenvalue weighted by Gasteiger charge is -2.16. The van der Waals surface area contributed by atoms with Crippen molar-refractivity contribution in [2.75, 3.05) is 21.1 Å². The van der Waals surface area contributed by atoms with Crippen LogP contribution in [0, 0.1) is 0 Å². The van der Waals surface area contributed by atoms with Crippen molar-refractivity contribution in [2.45, 2.75) is 6.92 Å². The van der Waals surface area contributed by atoms with E-state index in [1.165, 1.54) is 0 Å². The predicted molar refractivity (Wildman–Crippen MR) is 37.9 cm³/mol. The van der Waals surface area contributed by atoms with E-state index in [9.17, 15) is 4.79 Å². The molecule has 9 heavy (non-hydrogen) atoms. The van der Waals surface area contributed by atoms with Gasteiger partial charge in [-0.25, -0.2) is 0 Å². The van der Waals surface area contributed by atoms with Gasteiger partial charge in [0.1, 0.15) is 0 Å². The molecular weight excluding hydrogens is 114 g/mol. The third kappa shape index (κ3) is 7.37. The first-order valence-corrected chi connectivity index (χ1v) is 2.93. The summed E-state index contributed by atoms with van der Waals surface area (Å²) in [6.45, 7) is 1.55. The molecule has 52 valence electrons. The van der Waals surface area contributed by atoms with Gasteiger partial charge in [0, 0.05) is 6.08 Å². The summed E-state index contributed by atoms with van der Waals surface area (Å²) in [5.41, 5.74) is 0. The zero-order chi connectivity index (χ0) is 7.49. The van der Waals surface area contributed by atoms with E-state index in [-0.39, 0.29) is 5.78 Å². The summed E-state index contributed by atoms with van der Waals surface area (Å²) in [5, 5.41) is 0. The van der Waals surface area contributed by atoms with E-state index in [0.29, 0.717) is 4.48 Å². The second-order valence-corrected chi connectivity index (χ2v) is 3.04. The average molecular weight is 128 g/mol. The molecule has 0 N–H and O–H groups in total. The van der Waals surface area contributed by atoms with E-state index >= 15 is 0 Å². The van der Waals surface area contributed by atoms with Crippen molar-refractivity contribution in [3.05, 3.63) is 12.3 Å². The third-order valence-corrected chi connectivity index (χ3v) is 0.756. The Morgan fingerprint density at radius 2 is 1.78 bits per heavy atom. The molecule has 0 aliphatic rings. The first kappa shape index (κ1) is 8.37. The zero-order valence-electron chi connectivity index (χ0n) is 6.51. The van der Waals surface area contributed by atoms with Gasteiger partial charge in [-0.15, -0.1) is 0 Å². The van der Waals surface area contributed by atoms with Gasteiger partial charge >= 0.3 is 0 Å². The van der Waals surface area contributed by atoms with Crippen LogP contribution in [0.3, 0.4) is 0 Å². The Kier molecular flexibility index (Phi) is 2.59. The largest absolute Gasteiger partial charge is 0.304 e. The maximum Gasteiger partial charge on any atom is 0.157 e. The van der Waals surface area contributed by atoms with Gasteiger partial charge in [-0.05, 0) is 6.92 Å². The van der Waals surface area contributed by atoms with Gasteiger partial charge in [-0.2, -0.15) is 0 Å². The van der Waals surface area contributed by atoms with E-state index in [0.717, 1.165) is 0 Å². The standard InChI is InChI=1S/C7H14NO/c1-7(9)5-6-8(2,3)4/h5-6H,1-4H3/q+1. The molecule has 0 amide bonds. The van der Waals surface area contributed by atoms with Gasteiger partial charge < -0.3 is 4.48 Å². The molecule has 0 unspecified atom stereocenters. The lowest BCUT2D eigenvalue weighted by atomic mass is 10.4. The minimum Gasteiger partial charge on any atom is -0.304 e. The highest BCUT2D eigenvalue weighted by Gasteiger charge is 1.99. The second kappa shape index (κ2) is 2.78. The number of carbonyl (C=O) groups is 1. The summed E-state index contributed by atoms with van der Waals surface area (Å²) in [6, 6.07) is 0. The van der Waals surface area contributed by atoms with Crippen molar-refractivity contribution < 1.29 is 9.28 Å². The zero-order valence-corrected chi connectivity index (χ0v) is 6.51. The molecule has 2 heteroatoms. The van der Waals surface area contributed by atoms with E-state index in [4.69, 9.17) is 0 Å². The summed E-state index contributed by atoms with van der Waals surface area (Å²) in [4.78, 5) is 10.4. The van der Waals surface area contributed by atoms with E-state index in [1.807, 2.05) is 27.3 Å². The Morgan fingerprint density at radius 3 is 1.89 bits per heavy atom. The smallest absolute Gasteiger partial charge is 0.157 e. The first-order chi connectivity index (χ1) is 3.92. The molecule has 0 fully saturated rings. The maximum absolute atomic E-state index is 10.4. The summed E-state index contributed by atoms with van der Waals surface area (Å²) < 4.78 is 0.694. The fourth-order valence-electron chi connectivity index (χ4n) is 0.329. The second-order valence-electron chi connectivity index (χ2n) is 3.04. The summed E-state index contributed by atoms with van der Waals surface area (Å²) >= 11 is 0. The van der Waals surface area contributed by atoms with Crippen LogP contribution in [-0.2, 0) is 4.79 Å². The number of carbonyl (C=O) groups excluding carboxylic acids is 1. The molecule has 0 aliphatic carbocycles. The molecule has 0 aliphatic heterocycles. The Morgan fingerprint density at radius 1 is 1.33 bits per heavy atom. The number of hydrogen-bond donors (Lipinski definition) is 0. The molecule has 0 bridgehead atoms. The van der Waals surface area contributed by atoms with Crippen LogP contribution in [0.1, 0.15) is 6.92 Å². The molecule has 0 aromatic heterocycles. The molecular formula is C7H14NO+. The molecule has 0 heterocycles. The van der Waals surface area contributed by atoms with Crippen LogP contribution in [0.4, 0.5) is 0 Å². The molecule has 2 nitrogen and oxygen atoms in total. The highest BCUT2D eigenvalue weighted by molar-refractivity contribution is 5.86. The summed E-state index contributed by atoms with van der Waals surface area (Å²) in [5.74, 6) is 0.100. The Hall–Kier alpha value is -0.630. The van der Waals surface area contributed by atoms with Gasteiger partial charge in [0.05, 0.1) is 27.3 Å². The normalized spacial score (nSPS) is 12.4. The van der Waals surface area contributed by atoms with Crippen LogP contribution in [0.15, 0.2) is 12.3 Å². The number of hydrogen-bond acceptors (Lipinski definition) is 1. The highest BCUT2D eigenvalue weighted by Crippen LogP contribution is 1.90. The highest BCUT2D eigenvalue weighted by atomic mass is 16.1. The number of quaternary nitrogens is 1. The van der Waals surface area contributed by atoms with Gasteiger partial charge in [0.15, 0.2) is 5.78 Å². The van der Waals surface area contributed by atoms with Gasteiger partial charge in [-0.3, -0.25) is 4.79 Å². The van der Waals surface area contributed by atoms with Crippen molar-refractivity contribution >= 4 is 5.78 Å². The van der Waals surface area contributed by atoms with Crippen LogP contribution in [-0.4, -0.2) is 31.4 Å². The van der Waals surface area contributed by atoms with Crippen molar-refractivity contribution in [2.24, 2.45) is 0 Å². The van der Waals surface area contributed by atoms with Gasteiger partial charge in [0.2, 0.25) is 0 Å². The number of allylic oxidation sites excluding steroid dienone is 1. The molecule has 0 aromatic carbocycles. The minimum absolute atomic E-state index is 0.100. The summed E-state index contributed by atoms with van der Waals surface area (Å²) in [7, 11) is 6.00. The van der Waals surface area contributed by atoms with Crippen molar-refractivity contribution in [3.8, 4) is 0 Å². The lowest BCUT2D eigenvalue weighted by Crippen LogP contribution is -2.26. The van der Waals surface area contributed by atoms with Crippen molar-refractivity contribution in [1.29, 1.82) is 0 Å². The van der Waals surface area contributed by atoms with E-state index in [1.54, 1.807) is 13.0 Å². The molecule has 0 saturated heterocycles. The summed E-state index contributed by atoms with van der Waals surface area (Å²) in [6.07, 6.45) is 3.43. The molecule has 0 saturated carbocycles. The number of nitrogens with zero attached hydrogens (tertiary/aromatic N) is 1. The Bertz CT molecular complexity index is 130. The van der Waals surface area contributed by atoms with E-state index < -0.39 is 0 Å². The SMILES string of the molecule is CC(=O)C=C[N+](C)(C)C. The number of rotatable bonds is 2. The molecule has 0 rings (SSSR count). The van der Waals surface area contributed by atoms with Crippen LogP contribution < -0.4 is 0 Å². The lowest BCUT2D eigenvalue weighted by molar-refractivity contribution is -0.817. The van der Waals surface area contributed by atoms with E-state index in [2.05, 4.69) is 0 Å². The van der Waals surface area contributed by atoms with Gasteiger partial charge in [-0.1, -0.05) is 0 Å². The molecule has 0 radical (unpaired) electrons. The molecule has 0 atom stereocenters. The molecule has 0 spiro atoms. The quantitative estimate of drug-likeness (QED) is 0.397. The number of ketones is 1. The Balaban J connectivity index is 3.86. The predicted octanol–water partition coefficient (Wildman–Crippen LogP) is 0.795.